The molecule has 210 valence electrons. The van der Waals surface area contributed by atoms with Crippen molar-refractivity contribution >= 4 is 39.0 Å². The molecule has 5 nitrogen and oxygen atoms in total. The van der Waals surface area contributed by atoms with Gasteiger partial charge in [0.25, 0.3) is 5.91 Å². The van der Waals surface area contributed by atoms with Crippen LogP contribution < -0.4 is 4.90 Å². The summed E-state index contributed by atoms with van der Waals surface area (Å²) in [5.74, 6) is 0.477. The molecule has 4 aromatic rings. The number of hydrogen-bond donors (Lipinski definition) is 0. The van der Waals surface area contributed by atoms with Gasteiger partial charge in [-0.3, -0.25) is 14.5 Å². The first-order valence-electron chi connectivity index (χ1n) is 15.4. The minimum Gasteiger partial charge on any atom is -0.338 e. The second-order valence-electron chi connectivity index (χ2n) is 12.3. The van der Waals surface area contributed by atoms with Crippen LogP contribution in [0.1, 0.15) is 54.9 Å². The molecule has 2 unspecified atom stereocenters. The smallest absolute Gasteiger partial charge is 0.255 e. The van der Waals surface area contributed by atoms with Crippen molar-refractivity contribution in [3.8, 4) is 0 Å². The minimum absolute atomic E-state index is 0.0408. The van der Waals surface area contributed by atoms with Gasteiger partial charge in [-0.15, -0.1) is 0 Å². The van der Waals surface area contributed by atoms with Crippen LogP contribution in [0.2, 0.25) is 0 Å². The number of fused-ring (bicyclic) bond motifs is 3. The fraction of sp³-hybridized carbons (Fsp3) is 0.389. The summed E-state index contributed by atoms with van der Waals surface area (Å²) in [5, 5.41) is 4.28. The molecule has 0 radical (unpaired) electrons. The standard InChI is InChI=1S/C36H39N3O2/c1-25-16-17-26-9-4-7-15-33(26)39(25)35(40)29-12-8-20-38(24-29)30-18-21-37(22-19-30)36(41)34-31-13-5-2-10-27(31)23-28-11-3-6-14-32(28)34/h2-7,9-11,13-15,23,25,29-30H,8,12,16-22,24H2,1H3. The Bertz CT molecular complexity index is 1550. The average Bonchev–Trinajstić information content (AvgIpc) is 3.03. The van der Waals surface area contributed by atoms with Crippen LogP contribution in [0.5, 0.6) is 0 Å². The second-order valence-corrected chi connectivity index (χ2v) is 12.3. The number of anilines is 1. The molecular formula is C36H39N3O2. The van der Waals surface area contributed by atoms with Crippen molar-refractivity contribution in [2.75, 3.05) is 31.1 Å². The van der Waals surface area contributed by atoms with E-state index in [2.05, 4.69) is 76.2 Å². The van der Waals surface area contributed by atoms with E-state index in [0.717, 1.165) is 97.5 Å². The number of amides is 2. The lowest BCUT2D eigenvalue weighted by molar-refractivity contribution is -0.125. The zero-order valence-electron chi connectivity index (χ0n) is 24.0. The highest BCUT2D eigenvalue weighted by molar-refractivity contribution is 6.18. The molecule has 3 aliphatic rings. The Labute approximate surface area is 242 Å². The maximum atomic E-state index is 14.0. The van der Waals surface area contributed by atoms with Gasteiger partial charge in [0.05, 0.1) is 11.5 Å². The lowest BCUT2D eigenvalue weighted by atomic mass is 9.90. The predicted molar refractivity (Wildman–Crippen MR) is 166 cm³/mol. The van der Waals surface area contributed by atoms with E-state index in [1.807, 2.05) is 24.3 Å². The largest absolute Gasteiger partial charge is 0.338 e. The minimum atomic E-state index is 0.0408. The summed E-state index contributed by atoms with van der Waals surface area (Å²) >= 11 is 0. The van der Waals surface area contributed by atoms with Crippen LogP contribution >= 0.6 is 0 Å². The van der Waals surface area contributed by atoms with Gasteiger partial charge in [-0.1, -0.05) is 66.7 Å². The van der Waals surface area contributed by atoms with Gasteiger partial charge in [0.15, 0.2) is 0 Å². The third kappa shape index (κ3) is 4.80. The van der Waals surface area contributed by atoms with Crippen molar-refractivity contribution < 1.29 is 9.59 Å². The summed E-state index contributed by atoms with van der Waals surface area (Å²) in [4.78, 5) is 34.7. The van der Waals surface area contributed by atoms with Crippen molar-refractivity contribution in [1.29, 1.82) is 0 Å². The number of nitrogens with zero attached hydrogens (tertiary/aromatic N) is 3. The molecule has 2 saturated heterocycles. The van der Waals surface area contributed by atoms with Gasteiger partial charge in [0.2, 0.25) is 5.91 Å². The molecule has 41 heavy (non-hydrogen) atoms. The molecule has 4 aromatic carbocycles. The number of aryl methyl sites for hydroxylation is 1. The summed E-state index contributed by atoms with van der Waals surface area (Å²) < 4.78 is 0. The van der Waals surface area contributed by atoms with Crippen LogP contribution in [0.15, 0.2) is 78.9 Å². The van der Waals surface area contributed by atoms with Crippen LogP contribution in [0.25, 0.3) is 21.5 Å². The molecule has 0 bridgehead atoms. The normalized spacial score (nSPS) is 22.2. The van der Waals surface area contributed by atoms with Gasteiger partial charge in [0.1, 0.15) is 0 Å². The zero-order valence-corrected chi connectivity index (χ0v) is 24.0. The number of hydrogen-bond acceptors (Lipinski definition) is 3. The molecule has 0 spiro atoms. The molecular weight excluding hydrogens is 506 g/mol. The van der Waals surface area contributed by atoms with Crippen LogP contribution in [-0.4, -0.2) is 59.9 Å². The predicted octanol–water partition coefficient (Wildman–Crippen LogP) is 6.68. The molecule has 7 rings (SSSR count). The average molecular weight is 546 g/mol. The summed E-state index contributed by atoms with van der Waals surface area (Å²) in [7, 11) is 0. The zero-order chi connectivity index (χ0) is 27.9. The van der Waals surface area contributed by atoms with Gasteiger partial charge < -0.3 is 9.80 Å². The Morgan fingerprint density at radius 2 is 1.41 bits per heavy atom. The highest BCUT2D eigenvalue weighted by Crippen LogP contribution is 2.35. The van der Waals surface area contributed by atoms with E-state index in [0.29, 0.717) is 11.9 Å². The van der Waals surface area contributed by atoms with E-state index in [4.69, 9.17) is 0 Å². The number of rotatable bonds is 3. The van der Waals surface area contributed by atoms with Gasteiger partial charge in [-0.2, -0.15) is 0 Å². The Morgan fingerprint density at radius 1 is 0.756 bits per heavy atom. The molecule has 3 aliphatic heterocycles. The van der Waals surface area contributed by atoms with Crippen LogP contribution in [0, 0.1) is 5.92 Å². The van der Waals surface area contributed by atoms with E-state index >= 15 is 0 Å². The first-order chi connectivity index (χ1) is 20.1. The third-order valence-electron chi connectivity index (χ3n) is 9.82. The quantitative estimate of drug-likeness (QED) is 0.270. The van der Waals surface area contributed by atoms with Crippen LogP contribution in [0.4, 0.5) is 5.69 Å². The number of carbonyl (C=O) groups is 2. The Balaban J connectivity index is 1.05. The number of piperidine rings is 2. The van der Waals surface area contributed by atoms with Crippen molar-refractivity contribution in [2.24, 2.45) is 5.92 Å². The fourth-order valence-electron chi connectivity index (χ4n) is 7.60. The number of likely N-dealkylation sites (tertiary alicyclic amines) is 2. The Hall–Kier alpha value is -3.70. The van der Waals surface area contributed by atoms with Gasteiger partial charge in [0, 0.05) is 37.4 Å². The van der Waals surface area contributed by atoms with Gasteiger partial charge in [-0.25, -0.2) is 0 Å². The van der Waals surface area contributed by atoms with Crippen molar-refractivity contribution in [3.05, 3.63) is 90.0 Å². The van der Waals surface area contributed by atoms with E-state index in [1.165, 1.54) is 5.56 Å². The molecule has 0 saturated carbocycles. The lowest BCUT2D eigenvalue weighted by Gasteiger charge is -2.44. The summed E-state index contributed by atoms with van der Waals surface area (Å²) in [5.41, 5.74) is 3.24. The summed E-state index contributed by atoms with van der Waals surface area (Å²) in [6.07, 6.45) is 6.01. The SMILES string of the molecule is CC1CCc2ccccc2N1C(=O)C1CCCN(C2CCN(C(=O)c3c4ccccc4cc4ccccc34)CC2)C1. The van der Waals surface area contributed by atoms with E-state index < -0.39 is 0 Å². The van der Waals surface area contributed by atoms with Crippen molar-refractivity contribution in [3.63, 3.8) is 0 Å². The third-order valence-corrected chi connectivity index (χ3v) is 9.82. The number of carbonyl (C=O) groups excluding carboxylic acids is 2. The van der Waals surface area contributed by atoms with E-state index in [-0.39, 0.29) is 17.9 Å². The Kier molecular flexibility index (Phi) is 7.00. The molecule has 0 N–H and O–H groups in total. The van der Waals surface area contributed by atoms with E-state index in [9.17, 15) is 9.59 Å². The highest BCUT2D eigenvalue weighted by Gasteiger charge is 2.37. The molecule has 2 atom stereocenters. The molecule has 3 heterocycles. The topological polar surface area (TPSA) is 43.9 Å². The van der Waals surface area contributed by atoms with E-state index in [1.54, 1.807) is 0 Å². The van der Waals surface area contributed by atoms with Gasteiger partial charge >= 0.3 is 0 Å². The monoisotopic (exact) mass is 545 g/mol. The highest BCUT2D eigenvalue weighted by atomic mass is 16.2. The molecule has 5 heteroatoms. The first-order valence-corrected chi connectivity index (χ1v) is 15.4. The van der Waals surface area contributed by atoms with Crippen molar-refractivity contribution in [2.45, 2.75) is 57.5 Å². The summed E-state index contributed by atoms with van der Waals surface area (Å²) in [6, 6.07) is 27.8. The maximum Gasteiger partial charge on any atom is 0.255 e. The molecule has 2 fully saturated rings. The van der Waals surface area contributed by atoms with Gasteiger partial charge in [-0.05, 0) is 91.2 Å². The summed E-state index contributed by atoms with van der Waals surface area (Å²) in [6.45, 7) is 5.58. The van der Waals surface area contributed by atoms with Crippen LogP contribution in [0.3, 0.4) is 0 Å². The second kappa shape index (κ2) is 10.9. The van der Waals surface area contributed by atoms with Crippen LogP contribution in [-0.2, 0) is 11.2 Å². The maximum absolute atomic E-state index is 14.0. The number of benzene rings is 4. The van der Waals surface area contributed by atoms with Crippen molar-refractivity contribution in [1.82, 2.24) is 9.80 Å². The Morgan fingerprint density at radius 3 is 2.15 bits per heavy atom. The lowest BCUT2D eigenvalue weighted by Crippen LogP contribution is -2.53. The fourth-order valence-corrected chi connectivity index (χ4v) is 7.60. The molecule has 0 aromatic heterocycles. The first kappa shape index (κ1) is 26.2. The molecule has 0 aliphatic carbocycles. The molecule has 2 amide bonds. The number of para-hydroxylation sites is 1.